The third-order valence-electron chi connectivity index (χ3n) is 8.89. The van der Waals surface area contributed by atoms with Crippen molar-refractivity contribution in [2.24, 2.45) is 28.6 Å². The van der Waals surface area contributed by atoms with E-state index in [0.717, 1.165) is 5.57 Å². The van der Waals surface area contributed by atoms with E-state index in [-0.39, 0.29) is 40.7 Å². The van der Waals surface area contributed by atoms with Crippen molar-refractivity contribution in [2.45, 2.75) is 76.4 Å². The molecule has 0 bridgehead atoms. The first-order valence-electron chi connectivity index (χ1n) is 10.9. The number of ether oxygens (including phenoxy) is 1. The Hall–Kier alpha value is -1.24. The number of rotatable bonds is 3. The van der Waals surface area contributed by atoms with Crippen LogP contribution < -0.4 is 0 Å². The monoisotopic (exact) mass is 438 g/mol. The number of fused-ring (bicyclic) bond motifs is 5. The molecule has 0 radical (unpaired) electrons. The van der Waals surface area contributed by atoms with Crippen LogP contribution in [0.2, 0.25) is 0 Å². The molecule has 166 valence electrons. The summed E-state index contributed by atoms with van der Waals surface area (Å²) in [4.78, 5) is 36.1. The minimum Gasteiger partial charge on any atom is -0.458 e. The summed E-state index contributed by atoms with van der Waals surface area (Å²) in [6.45, 7) is 4.77. The van der Waals surface area contributed by atoms with Gasteiger partial charge < -0.3 is 14.9 Å². The maximum atomic E-state index is 12.9. The Bertz CT molecular complexity index is 823. The fraction of sp³-hybridized carbons (Fsp3) is 0.783. The van der Waals surface area contributed by atoms with E-state index in [1.165, 1.54) is 6.92 Å². The summed E-state index contributed by atoms with van der Waals surface area (Å²) >= 11 is 6.78. The molecule has 0 aliphatic heterocycles. The number of Topliss-reactive ketones (excluding diaryl/α,β-unsaturated/α-hetero) is 1. The van der Waals surface area contributed by atoms with Crippen LogP contribution in [0.4, 0.5) is 0 Å². The number of aliphatic hydroxyl groups is 2. The molecule has 0 amide bonds. The summed E-state index contributed by atoms with van der Waals surface area (Å²) < 4.78 is 4.88. The van der Waals surface area contributed by atoms with Gasteiger partial charge in [-0.05, 0) is 66.9 Å². The largest absolute Gasteiger partial charge is 0.458 e. The molecule has 8 atom stereocenters. The molecule has 5 unspecified atom stereocenters. The molecule has 4 rings (SSSR count). The number of esters is 1. The van der Waals surface area contributed by atoms with Gasteiger partial charge in [0, 0.05) is 18.8 Å². The molecule has 0 aromatic rings. The van der Waals surface area contributed by atoms with Crippen molar-refractivity contribution >= 4 is 29.1 Å². The molecular formula is C23H31ClO6. The second-order valence-electron chi connectivity index (χ2n) is 10.3. The van der Waals surface area contributed by atoms with E-state index >= 15 is 0 Å². The first-order valence-corrected chi connectivity index (χ1v) is 11.3. The van der Waals surface area contributed by atoms with Crippen LogP contribution in [0.15, 0.2) is 11.6 Å². The van der Waals surface area contributed by atoms with Gasteiger partial charge in [0.15, 0.2) is 12.4 Å². The lowest BCUT2D eigenvalue weighted by atomic mass is 9.45. The lowest BCUT2D eigenvalue weighted by Crippen LogP contribution is -2.63. The Morgan fingerprint density at radius 3 is 2.67 bits per heavy atom. The van der Waals surface area contributed by atoms with E-state index in [0.29, 0.717) is 32.1 Å². The number of carbonyl (C=O) groups excluding carboxylic acids is 3. The van der Waals surface area contributed by atoms with Gasteiger partial charge in [0.2, 0.25) is 5.78 Å². The second-order valence-corrected chi connectivity index (χ2v) is 10.8. The molecule has 4 aliphatic rings. The number of aliphatic hydroxyl groups excluding tert-OH is 1. The van der Waals surface area contributed by atoms with E-state index in [1.54, 1.807) is 6.08 Å². The SMILES string of the molecule is CC(=O)OCC(=O)[C@@]1(O)CCC2C3CC(Cl)C4=CC(=O)CC[C@]4(C)C3C(O)C[C@@]21C. The van der Waals surface area contributed by atoms with Crippen molar-refractivity contribution in [3.05, 3.63) is 11.6 Å². The molecule has 2 N–H and O–H groups in total. The van der Waals surface area contributed by atoms with Crippen LogP contribution >= 0.6 is 11.6 Å². The van der Waals surface area contributed by atoms with Gasteiger partial charge in [-0.1, -0.05) is 13.8 Å². The maximum absolute atomic E-state index is 12.9. The third-order valence-corrected chi connectivity index (χ3v) is 9.31. The van der Waals surface area contributed by atoms with Crippen molar-refractivity contribution in [3.63, 3.8) is 0 Å². The van der Waals surface area contributed by atoms with Crippen LogP contribution in [0.3, 0.4) is 0 Å². The summed E-state index contributed by atoms with van der Waals surface area (Å²) in [5, 5.41) is 22.5. The average molecular weight is 439 g/mol. The second kappa shape index (κ2) is 7.14. The highest BCUT2D eigenvalue weighted by Gasteiger charge is 2.69. The quantitative estimate of drug-likeness (QED) is 0.518. The summed E-state index contributed by atoms with van der Waals surface area (Å²) in [7, 11) is 0. The Morgan fingerprint density at radius 1 is 1.30 bits per heavy atom. The summed E-state index contributed by atoms with van der Waals surface area (Å²) in [5.41, 5.74) is -1.88. The molecular weight excluding hydrogens is 408 g/mol. The molecule has 0 saturated heterocycles. The molecule has 0 spiro atoms. The lowest BCUT2D eigenvalue weighted by Gasteiger charge is -2.61. The predicted molar refractivity (Wildman–Crippen MR) is 110 cm³/mol. The summed E-state index contributed by atoms with van der Waals surface area (Å²) in [6.07, 6.45) is 3.94. The highest BCUT2D eigenvalue weighted by atomic mass is 35.5. The number of carbonyl (C=O) groups is 3. The van der Waals surface area contributed by atoms with Crippen molar-refractivity contribution in [3.8, 4) is 0 Å². The zero-order chi connectivity index (χ0) is 22.1. The first kappa shape index (κ1) is 22.0. The van der Waals surface area contributed by atoms with Crippen LogP contribution in [-0.2, 0) is 19.1 Å². The molecule has 0 heterocycles. The number of halogens is 1. The molecule has 7 heteroatoms. The van der Waals surface area contributed by atoms with Gasteiger partial charge >= 0.3 is 5.97 Å². The van der Waals surface area contributed by atoms with Gasteiger partial charge in [0.05, 0.1) is 11.5 Å². The minimum atomic E-state index is -1.64. The Labute approximate surface area is 182 Å². The molecule has 3 fully saturated rings. The van der Waals surface area contributed by atoms with E-state index < -0.39 is 35.5 Å². The average Bonchev–Trinajstić information content (AvgIpc) is 2.93. The molecule has 6 nitrogen and oxygen atoms in total. The van der Waals surface area contributed by atoms with E-state index in [2.05, 4.69) is 6.92 Å². The molecule has 30 heavy (non-hydrogen) atoms. The highest BCUT2D eigenvalue weighted by molar-refractivity contribution is 6.23. The smallest absolute Gasteiger partial charge is 0.303 e. The number of ketones is 2. The number of alkyl halides is 1. The Morgan fingerprint density at radius 2 is 2.00 bits per heavy atom. The van der Waals surface area contributed by atoms with Gasteiger partial charge in [0.25, 0.3) is 0 Å². The predicted octanol–water partition coefficient (Wildman–Crippen LogP) is 2.57. The van der Waals surface area contributed by atoms with Gasteiger partial charge in [-0.15, -0.1) is 11.6 Å². The van der Waals surface area contributed by atoms with Gasteiger partial charge in [-0.25, -0.2) is 0 Å². The first-order chi connectivity index (χ1) is 13.9. The van der Waals surface area contributed by atoms with Gasteiger partial charge in [-0.2, -0.15) is 0 Å². The standard InChI is InChI=1S/C23H31ClO6/c1-12(25)30-11-19(28)23(29)7-5-15-14-9-17(24)16-8-13(26)4-6-21(16,2)20(14)18(27)10-22(15,23)3/h8,14-15,17-18,20,27,29H,4-7,9-11H2,1-3H3/t14?,15?,17?,18?,20?,21-,22-,23-/m0/s1. The molecule has 4 aliphatic carbocycles. The number of hydrogen-bond acceptors (Lipinski definition) is 6. The number of allylic oxidation sites excluding steroid dienone is 1. The minimum absolute atomic E-state index is 0.0226. The van der Waals surface area contributed by atoms with Crippen LogP contribution in [-0.4, -0.2) is 51.4 Å². The van der Waals surface area contributed by atoms with Crippen LogP contribution in [0, 0.1) is 28.6 Å². The number of hydrogen-bond donors (Lipinski definition) is 2. The fourth-order valence-electron chi connectivity index (χ4n) is 7.44. The van der Waals surface area contributed by atoms with Crippen molar-refractivity contribution in [1.29, 1.82) is 0 Å². The fourth-order valence-corrected chi connectivity index (χ4v) is 7.96. The van der Waals surface area contributed by atoms with Crippen molar-refractivity contribution in [2.75, 3.05) is 6.61 Å². The van der Waals surface area contributed by atoms with Gasteiger partial charge in [-0.3, -0.25) is 14.4 Å². The Balaban J connectivity index is 1.69. The van der Waals surface area contributed by atoms with Gasteiger partial charge in [0.1, 0.15) is 5.60 Å². The van der Waals surface area contributed by atoms with E-state index in [1.807, 2.05) is 6.92 Å². The zero-order valence-electron chi connectivity index (χ0n) is 17.8. The van der Waals surface area contributed by atoms with Crippen molar-refractivity contribution < 1.29 is 29.3 Å². The van der Waals surface area contributed by atoms with Crippen LogP contribution in [0.25, 0.3) is 0 Å². The normalized spacial score (nSPS) is 47.6. The molecule has 0 aromatic heterocycles. The topological polar surface area (TPSA) is 101 Å². The summed E-state index contributed by atoms with van der Waals surface area (Å²) in [5.74, 6) is -0.959. The van der Waals surface area contributed by atoms with Crippen molar-refractivity contribution in [1.82, 2.24) is 0 Å². The van der Waals surface area contributed by atoms with Crippen LogP contribution in [0.5, 0.6) is 0 Å². The Kier molecular flexibility index (Phi) is 5.23. The molecule has 3 saturated carbocycles. The van der Waals surface area contributed by atoms with Crippen LogP contribution in [0.1, 0.15) is 59.3 Å². The third kappa shape index (κ3) is 2.94. The molecule has 0 aromatic carbocycles. The zero-order valence-corrected chi connectivity index (χ0v) is 18.6. The lowest BCUT2D eigenvalue weighted by molar-refractivity contribution is -0.184. The summed E-state index contributed by atoms with van der Waals surface area (Å²) in [6, 6.07) is 0. The maximum Gasteiger partial charge on any atom is 0.303 e. The highest BCUT2D eigenvalue weighted by Crippen LogP contribution is 2.68. The van der Waals surface area contributed by atoms with E-state index in [9.17, 15) is 24.6 Å². The van der Waals surface area contributed by atoms with E-state index in [4.69, 9.17) is 16.3 Å².